The van der Waals surface area contributed by atoms with Gasteiger partial charge in [0.05, 0.1) is 15.1 Å². The topological polar surface area (TPSA) is 37.3 Å². The summed E-state index contributed by atoms with van der Waals surface area (Å²) in [6.07, 6.45) is 0. The van der Waals surface area contributed by atoms with E-state index in [1.165, 1.54) is 0 Å². The fourth-order valence-electron chi connectivity index (χ4n) is 0.880. The van der Waals surface area contributed by atoms with Gasteiger partial charge in [0.15, 0.2) is 0 Å². The highest BCUT2D eigenvalue weighted by atomic mass is 79.9. The van der Waals surface area contributed by atoms with Gasteiger partial charge in [-0.15, -0.1) is 0 Å². The van der Waals surface area contributed by atoms with Gasteiger partial charge in [0, 0.05) is 0 Å². The molecule has 0 radical (unpaired) electrons. The van der Waals surface area contributed by atoms with Crippen LogP contribution in [0.15, 0.2) is 16.6 Å². The number of carboxylic acids is 1. The Bertz CT molecular complexity index is 336. The third-order valence-corrected chi connectivity index (χ3v) is 2.78. The van der Waals surface area contributed by atoms with Crippen molar-refractivity contribution >= 4 is 33.5 Å². The second-order valence-corrected chi connectivity index (χ2v) is 3.61. The van der Waals surface area contributed by atoms with Crippen LogP contribution in [0.25, 0.3) is 0 Å². The van der Waals surface area contributed by atoms with Crippen molar-refractivity contribution in [1.29, 1.82) is 0 Å². The van der Waals surface area contributed by atoms with Gasteiger partial charge >= 0.3 is 5.97 Å². The normalized spacial score (nSPS) is 9.92. The molecule has 0 amide bonds. The number of carboxylic acid groups (broad SMARTS) is 1. The van der Waals surface area contributed by atoms with Gasteiger partial charge in [0.25, 0.3) is 0 Å². The molecule has 4 heteroatoms. The first-order valence-electron chi connectivity index (χ1n) is 3.21. The third kappa shape index (κ3) is 1.79. The van der Waals surface area contributed by atoms with Gasteiger partial charge in [-0.25, -0.2) is 4.79 Å². The van der Waals surface area contributed by atoms with Gasteiger partial charge in [-0.3, -0.25) is 0 Å². The smallest absolute Gasteiger partial charge is 0.336 e. The highest BCUT2D eigenvalue weighted by Gasteiger charge is 2.11. The lowest BCUT2D eigenvalue weighted by molar-refractivity contribution is 0.0696. The average molecular weight is 249 g/mol. The molecule has 12 heavy (non-hydrogen) atoms. The highest BCUT2D eigenvalue weighted by Crippen LogP contribution is 2.27. The van der Waals surface area contributed by atoms with Crippen LogP contribution in [0.2, 0.25) is 5.02 Å². The van der Waals surface area contributed by atoms with Crippen molar-refractivity contribution < 1.29 is 9.90 Å². The Morgan fingerprint density at radius 3 is 2.67 bits per heavy atom. The van der Waals surface area contributed by atoms with E-state index in [0.717, 1.165) is 5.56 Å². The van der Waals surface area contributed by atoms with Crippen LogP contribution in [0.1, 0.15) is 15.9 Å². The minimum Gasteiger partial charge on any atom is -0.478 e. The van der Waals surface area contributed by atoms with E-state index >= 15 is 0 Å². The molecule has 1 rings (SSSR count). The summed E-state index contributed by atoms with van der Waals surface area (Å²) in [5, 5.41) is 9.15. The molecule has 1 aromatic carbocycles. The van der Waals surface area contributed by atoms with E-state index in [1.54, 1.807) is 19.1 Å². The second kappa shape index (κ2) is 3.46. The third-order valence-electron chi connectivity index (χ3n) is 1.40. The quantitative estimate of drug-likeness (QED) is 0.830. The largest absolute Gasteiger partial charge is 0.478 e. The van der Waals surface area contributed by atoms with Gasteiger partial charge in [-0.1, -0.05) is 11.6 Å². The van der Waals surface area contributed by atoms with E-state index in [1.807, 2.05) is 0 Å². The SMILES string of the molecule is Cc1cc(Cl)c(Br)c(C(=O)O)c1. The summed E-state index contributed by atoms with van der Waals surface area (Å²) in [6, 6.07) is 3.27. The Hall–Kier alpha value is -0.540. The van der Waals surface area contributed by atoms with Crippen molar-refractivity contribution in [2.24, 2.45) is 0 Å². The summed E-state index contributed by atoms with van der Waals surface area (Å²) < 4.78 is 0.433. The van der Waals surface area contributed by atoms with Crippen molar-refractivity contribution in [1.82, 2.24) is 0 Å². The van der Waals surface area contributed by atoms with Crippen LogP contribution in [0.4, 0.5) is 0 Å². The molecule has 0 aliphatic carbocycles. The minimum atomic E-state index is -0.979. The zero-order chi connectivity index (χ0) is 9.30. The molecule has 2 nitrogen and oxygen atoms in total. The molecule has 0 unspecified atom stereocenters. The predicted molar refractivity (Wildman–Crippen MR) is 50.8 cm³/mol. The van der Waals surface area contributed by atoms with Crippen LogP contribution in [0, 0.1) is 6.92 Å². The van der Waals surface area contributed by atoms with Crippen molar-refractivity contribution in [3.63, 3.8) is 0 Å². The summed E-state index contributed by atoms with van der Waals surface area (Å²) >= 11 is 8.86. The van der Waals surface area contributed by atoms with E-state index < -0.39 is 5.97 Å². The standard InChI is InChI=1S/C8H6BrClO2/c1-4-2-5(8(11)12)7(9)6(10)3-4/h2-3H,1H3,(H,11,12). The van der Waals surface area contributed by atoms with Crippen molar-refractivity contribution in [3.05, 3.63) is 32.8 Å². The maximum Gasteiger partial charge on any atom is 0.336 e. The lowest BCUT2D eigenvalue weighted by Crippen LogP contribution is -1.98. The van der Waals surface area contributed by atoms with E-state index in [0.29, 0.717) is 9.50 Å². The number of carbonyl (C=O) groups is 1. The Morgan fingerprint density at radius 1 is 1.58 bits per heavy atom. The lowest BCUT2D eigenvalue weighted by Gasteiger charge is -2.02. The van der Waals surface area contributed by atoms with E-state index in [9.17, 15) is 4.79 Å². The van der Waals surface area contributed by atoms with Crippen LogP contribution < -0.4 is 0 Å². The zero-order valence-corrected chi connectivity index (χ0v) is 8.61. The zero-order valence-electron chi connectivity index (χ0n) is 6.27. The number of hydrogen-bond donors (Lipinski definition) is 1. The van der Waals surface area contributed by atoms with Gasteiger partial charge in [0.1, 0.15) is 0 Å². The fourth-order valence-corrected chi connectivity index (χ4v) is 1.55. The molecule has 0 saturated heterocycles. The number of benzene rings is 1. The van der Waals surface area contributed by atoms with Crippen molar-refractivity contribution in [2.75, 3.05) is 0 Å². The summed E-state index contributed by atoms with van der Waals surface area (Å²) in [5.74, 6) is -0.979. The van der Waals surface area contributed by atoms with Gasteiger partial charge < -0.3 is 5.11 Å². The molecule has 1 N–H and O–H groups in total. The number of aryl methyl sites for hydroxylation is 1. The fraction of sp³-hybridized carbons (Fsp3) is 0.125. The predicted octanol–water partition coefficient (Wildman–Crippen LogP) is 3.11. The summed E-state index contributed by atoms with van der Waals surface area (Å²) in [7, 11) is 0. The molecular formula is C8H6BrClO2. The highest BCUT2D eigenvalue weighted by molar-refractivity contribution is 9.10. The summed E-state index contributed by atoms with van der Waals surface area (Å²) in [6.45, 7) is 1.80. The Balaban J connectivity index is 3.37. The number of aromatic carboxylic acids is 1. The van der Waals surface area contributed by atoms with Crippen LogP contribution in [-0.2, 0) is 0 Å². The molecule has 0 aromatic heterocycles. The number of halogens is 2. The number of hydrogen-bond acceptors (Lipinski definition) is 1. The molecule has 1 aromatic rings. The average Bonchev–Trinajstić information content (AvgIpc) is 1.96. The van der Waals surface area contributed by atoms with E-state index in [4.69, 9.17) is 16.7 Å². The van der Waals surface area contributed by atoms with Crippen LogP contribution >= 0.6 is 27.5 Å². The van der Waals surface area contributed by atoms with Gasteiger partial charge in [-0.05, 0) is 40.5 Å². The molecule has 0 fully saturated rings. The first-order valence-corrected chi connectivity index (χ1v) is 4.38. The first kappa shape index (κ1) is 9.55. The van der Waals surface area contributed by atoms with Crippen LogP contribution in [0.5, 0.6) is 0 Å². The molecule has 0 bridgehead atoms. The summed E-state index contributed by atoms with van der Waals surface area (Å²) in [4.78, 5) is 10.6. The summed E-state index contributed by atoms with van der Waals surface area (Å²) in [5.41, 5.74) is 1.03. The maximum absolute atomic E-state index is 10.6. The molecule has 64 valence electrons. The number of rotatable bonds is 1. The van der Waals surface area contributed by atoms with Crippen LogP contribution in [0.3, 0.4) is 0 Å². The molecule has 0 saturated carbocycles. The minimum absolute atomic E-state index is 0.194. The molecule has 0 aliphatic rings. The molecule has 0 atom stereocenters. The van der Waals surface area contributed by atoms with Gasteiger partial charge in [0.2, 0.25) is 0 Å². The first-order chi connectivity index (χ1) is 5.52. The van der Waals surface area contributed by atoms with Crippen LogP contribution in [-0.4, -0.2) is 11.1 Å². The van der Waals surface area contributed by atoms with Gasteiger partial charge in [-0.2, -0.15) is 0 Å². The lowest BCUT2D eigenvalue weighted by atomic mass is 10.1. The maximum atomic E-state index is 10.6. The Morgan fingerprint density at radius 2 is 2.17 bits per heavy atom. The molecule has 0 aliphatic heterocycles. The van der Waals surface area contributed by atoms with E-state index in [-0.39, 0.29) is 5.56 Å². The Kier molecular flexibility index (Phi) is 2.75. The molecule has 0 spiro atoms. The Labute approximate surface area is 83.3 Å². The monoisotopic (exact) mass is 248 g/mol. The molecular weight excluding hydrogens is 243 g/mol. The molecule has 0 heterocycles. The van der Waals surface area contributed by atoms with E-state index in [2.05, 4.69) is 15.9 Å². The van der Waals surface area contributed by atoms with Crippen molar-refractivity contribution in [3.8, 4) is 0 Å². The van der Waals surface area contributed by atoms with Crippen molar-refractivity contribution in [2.45, 2.75) is 6.92 Å². The second-order valence-electron chi connectivity index (χ2n) is 2.41.